The Labute approximate surface area is 109 Å². The second-order valence-electron chi connectivity index (χ2n) is 4.03. The van der Waals surface area contributed by atoms with E-state index >= 15 is 0 Å². The number of anilines is 1. The predicted molar refractivity (Wildman–Crippen MR) is 74.4 cm³/mol. The van der Waals surface area contributed by atoms with Crippen molar-refractivity contribution in [3.8, 4) is 22.0 Å². The maximum absolute atomic E-state index is 5.79. The fraction of sp³-hybridized carbons (Fsp3) is 0.0714. The van der Waals surface area contributed by atoms with E-state index in [0.29, 0.717) is 0 Å². The number of hydrogen-bond donors (Lipinski definition) is 1. The summed E-state index contributed by atoms with van der Waals surface area (Å²) in [5.41, 5.74) is 8.49. The van der Waals surface area contributed by atoms with Crippen molar-refractivity contribution < 1.29 is 4.42 Å². The Balaban J connectivity index is 2.08. The second-order valence-corrected chi connectivity index (χ2v) is 5.23. The molecule has 0 aliphatic heterocycles. The van der Waals surface area contributed by atoms with Crippen molar-refractivity contribution in [1.82, 2.24) is 4.98 Å². The first kappa shape index (κ1) is 11.0. The molecule has 3 rings (SSSR count). The lowest BCUT2D eigenvalue weighted by Crippen LogP contribution is -1.84. The van der Waals surface area contributed by atoms with Crippen LogP contribution in [0.4, 0.5) is 5.69 Å². The van der Waals surface area contributed by atoms with Gasteiger partial charge in [-0.15, -0.1) is 11.3 Å². The number of furan rings is 1. The number of aryl methyl sites for hydroxylation is 1. The predicted octanol–water partition coefficient (Wildman–Crippen LogP) is 3.96. The van der Waals surface area contributed by atoms with Gasteiger partial charge in [0.05, 0.1) is 6.26 Å². The molecule has 90 valence electrons. The van der Waals surface area contributed by atoms with Crippen LogP contribution in [-0.2, 0) is 0 Å². The summed E-state index contributed by atoms with van der Waals surface area (Å²) in [6.07, 6.45) is 1.66. The molecule has 2 N–H and O–H groups in total. The summed E-state index contributed by atoms with van der Waals surface area (Å²) in [7, 11) is 0. The van der Waals surface area contributed by atoms with Crippen LogP contribution in [0.3, 0.4) is 0 Å². The Bertz CT molecular complexity index is 671. The van der Waals surface area contributed by atoms with Crippen LogP contribution in [0.2, 0.25) is 0 Å². The van der Waals surface area contributed by atoms with Crippen molar-refractivity contribution in [3.63, 3.8) is 0 Å². The van der Waals surface area contributed by atoms with Crippen LogP contribution in [0.5, 0.6) is 0 Å². The normalized spacial score (nSPS) is 10.7. The number of nitrogen functional groups attached to an aromatic ring is 1. The van der Waals surface area contributed by atoms with Crippen LogP contribution in [0.25, 0.3) is 22.0 Å². The third-order valence-electron chi connectivity index (χ3n) is 2.68. The first-order valence-electron chi connectivity index (χ1n) is 5.61. The SMILES string of the molecule is Cc1sc(-c2cccc(N)c2)nc1-c1ccco1. The molecule has 2 aromatic heterocycles. The van der Waals surface area contributed by atoms with Gasteiger partial charge in [-0.25, -0.2) is 4.98 Å². The van der Waals surface area contributed by atoms with Crippen LogP contribution in [0, 0.1) is 6.92 Å². The average molecular weight is 256 g/mol. The number of nitrogens with two attached hydrogens (primary N) is 1. The third-order valence-corrected chi connectivity index (χ3v) is 3.70. The van der Waals surface area contributed by atoms with Crippen molar-refractivity contribution in [2.24, 2.45) is 0 Å². The quantitative estimate of drug-likeness (QED) is 0.706. The molecule has 0 spiro atoms. The second kappa shape index (κ2) is 4.31. The van der Waals surface area contributed by atoms with Crippen LogP contribution in [0.15, 0.2) is 47.1 Å². The molecule has 0 aliphatic rings. The lowest BCUT2D eigenvalue weighted by Gasteiger charge is -1.97. The molecule has 3 nitrogen and oxygen atoms in total. The smallest absolute Gasteiger partial charge is 0.153 e. The molecule has 4 heteroatoms. The lowest BCUT2D eigenvalue weighted by atomic mass is 10.2. The van der Waals surface area contributed by atoms with E-state index in [0.717, 1.165) is 32.6 Å². The Kier molecular flexibility index (Phi) is 2.64. The molecule has 0 unspecified atom stereocenters. The third kappa shape index (κ3) is 1.91. The van der Waals surface area contributed by atoms with Gasteiger partial charge in [0.2, 0.25) is 0 Å². The van der Waals surface area contributed by atoms with E-state index in [4.69, 9.17) is 10.2 Å². The molecule has 0 saturated heterocycles. The topological polar surface area (TPSA) is 52.0 Å². The molecule has 0 bridgehead atoms. The Morgan fingerprint density at radius 2 is 2.11 bits per heavy atom. The molecule has 2 heterocycles. The van der Waals surface area contributed by atoms with Gasteiger partial charge in [-0.1, -0.05) is 12.1 Å². The summed E-state index contributed by atoms with van der Waals surface area (Å²) < 4.78 is 5.39. The molecule has 1 aromatic carbocycles. The van der Waals surface area contributed by atoms with Crippen LogP contribution in [-0.4, -0.2) is 4.98 Å². The largest absolute Gasteiger partial charge is 0.463 e. The van der Waals surface area contributed by atoms with Gasteiger partial charge < -0.3 is 10.2 Å². The zero-order chi connectivity index (χ0) is 12.5. The van der Waals surface area contributed by atoms with Crippen molar-refractivity contribution in [3.05, 3.63) is 47.5 Å². The molecule has 0 amide bonds. The zero-order valence-electron chi connectivity index (χ0n) is 9.88. The maximum atomic E-state index is 5.79. The minimum absolute atomic E-state index is 0.750. The number of aromatic nitrogens is 1. The molecule has 0 fully saturated rings. The maximum Gasteiger partial charge on any atom is 0.153 e. The van der Waals surface area contributed by atoms with Gasteiger partial charge in [0, 0.05) is 16.1 Å². The van der Waals surface area contributed by atoms with Crippen molar-refractivity contribution in [2.75, 3.05) is 5.73 Å². The van der Waals surface area contributed by atoms with E-state index in [-0.39, 0.29) is 0 Å². The first-order valence-corrected chi connectivity index (χ1v) is 6.43. The van der Waals surface area contributed by atoms with Crippen LogP contribution < -0.4 is 5.73 Å². The van der Waals surface area contributed by atoms with E-state index in [9.17, 15) is 0 Å². The van der Waals surface area contributed by atoms with Gasteiger partial charge >= 0.3 is 0 Å². The van der Waals surface area contributed by atoms with Crippen LogP contribution >= 0.6 is 11.3 Å². The molecule has 0 radical (unpaired) electrons. The van der Waals surface area contributed by atoms with Gasteiger partial charge in [-0.3, -0.25) is 0 Å². The highest BCUT2D eigenvalue weighted by atomic mass is 32.1. The first-order chi connectivity index (χ1) is 8.74. The van der Waals surface area contributed by atoms with Crippen LogP contribution in [0.1, 0.15) is 4.88 Å². The fourth-order valence-electron chi connectivity index (χ4n) is 1.83. The highest BCUT2D eigenvalue weighted by Gasteiger charge is 2.13. The minimum Gasteiger partial charge on any atom is -0.463 e. The van der Waals surface area contributed by atoms with Crippen molar-refractivity contribution in [1.29, 1.82) is 0 Å². The number of benzene rings is 1. The molecular weight excluding hydrogens is 244 g/mol. The highest BCUT2D eigenvalue weighted by molar-refractivity contribution is 7.15. The number of thiazole rings is 1. The Hall–Kier alpha value is -2.07. The number of hydrogen-bond acceptors (Lipinski definition) is 4. The van der Waals surface area contributed by atoms with Crippen molar-refractivity contribution >= 4 is 17.0 Å². The van der Waals surface area contributed by atoms with Gasteiger partial charge in [0.1, 0.15) is 10.7 Å². The lowest BCUT2D eigenvalue weighted by molar-refractivity contribution is 0.580. The Morgan fingerprint density at radius 3 is 2.83 bits per heavy atom. The summed E-state index contributed by atoms with van der Waals surface area (Å²) in [6.45, 7) is 2.05. The highest BCUT2D eigenvalue weighted by Crippen LogP contribution is 2.33. The zero-order valence-corrected chi connectivity index (χ0v) is 10.7. The molecule has 0 saturated carbocycles. The van der Waals surface area contributed by atoms with Gasteiger partial charge in [0.15, 0.2) is 5.76 Å². The van der Waals surface area contributed by atoms with Gasteiger partial charge in [-0.2, -0.15) is 0 Å². The fourth-order valence-corrected chi connectivity index (χ4v) is 2.75. The van der Waals surface area contributed by atoms with E-state index in [1.165, 1.54) is 0 Å². The molecule has 18 heavy (non-hydrogen) atoms. The van der Waals surface area contributed by atoms with E-state index in [1.54, 1.807) is 17.6 Å². The number of rotatable bonds is 2. The molecule has 3 aromatic rings. The van der Waals surface area contributed by atoms with E-state index in [1.807, 2.05) is 43.3 Å². The molecular formula is C14H12N2OS. The minimum atomic E-state index is 0.750. The van der Waals surface area contributed by atoms with Gasteiger partial charge in [0.25, 0.3) is 0 Å². The number of nitrogens with zero attached hydrogens (tertiary/aromatic N) is 1. The Morgan fingerprint density at radius 1 is 1.22 bits per heavy atom. The summed E-state index contributed by atoms with van der Waals surface area (Å²) in [4.78, 5) is 5.77. The summed E-state index contributed by atoms with van der Waals surface area (Å²) in [5, 5.41) is 0.964. The van der Waals surface area contributed by atoms with E-state index in [2.05, 4.69) is 4.98 Å². The molecule has 0 atom stereocenters. The summed E-state index contributed by atoms with van der Waals surface area (Å²) in [5.74, 6) is 0.805. The monoisotopic (exact) mass is 256 g/mol. The van der Waals surface area contributed by atoms with E-state index < -0.39 is 0 Å². The van der Waals surface area contributed by atoms with Gasteiger partial charge in [-0.05, 0) is 31.2 Å². The summed E-state index contributed by atoms with van der Waals surface area (Å²) >= 11 is 1.65. The standard InChI is InChI=1S/C14H12N2OS/c1-9-13(12-6-3-7-17-12)16-14(18-9)10-4-2-5-11(15)8-10/h2-8H,15H2,1H3. The average Bonchev–Trinajstić information content (AvgIpc) is 2.97. The molecule has 0 aliphatic carbocycles. The summed E-state index contributed by atoms with van der Waals surface area (Å²) in [6, 6.07) is 11.6. The van der Waals surface area contributed by atoms with Crippen molar-refractivity contribution in [2.45, 2.75) is 6.92 Å².